The Bertz CT molecular complexity index is 3900. The van der Waals surface area contributed by atoms with Gasteiger partial charge >= 0.3 is 0 Å². The van der Waals surface area contributed by atoms with Gasteiger partial charge < -0.3 is 9.13 Å². The Balaban J connectivity index is 1.10. The molecule has 0 fully saturated rings. The van der Waals surface area contributed by atoms with E-state index in [4.69, 9.17) is 9.97 Å². The molecular formula is C60H38N4. The molecular weight excluding hydrogens is 777 g/mol. The maximum Gasteiger partial charge on any atom is 0.160 e. The molecule has 0 unspecified atom stereocenters. The lowest BCUT2D eigenvalue weighted by Gasteiger charge is -2.17. The van der Waals surface area contributed by atoms with Gasteiger partial charge in [0.25, 0.3) is 0 Å². The van der Waals surface area contributed by atoms with Crippen molar-refractivity contribution in [1.29, 1.82) is 0 Å². The zero-order valence-corrected chi connectivity index (χ0v) is 34.7. The maximum absolute atomic E-state index is 5.43. The second-order valence-electron chi connectivity index (χ2n) is 16.6. The van der Waals surface area contributed by atoms with E-state index in [-0.39, 0.29) is 0 Å². The van der Waals surface area contributed by atoms with E-state index in [0.29, 0.717) is 5.82 Å². The van der Waals surface area contributed by atoms with Crippen LogP contribution in [-0.2, 0) is 0 Å². The van der Waals surface area contributed by atoms with E-state index in [1.165, 1.54) is 54.2 Å². The topological polar surface area (TPSA) is 35.6 Å². The summed E-state index contributed by atoms with van der Waals surface area (Å²) in [6, 6.07) is 82.9. The minimum absolute atomic E-state index is 0.678. The molecule has 0 aliphatic rings. The van der Waals surface area contributed by atoms with Crippen LogP contribution in [0.4, 0.5) is 0 Å². The molecule has 298 valence electrons. The first-order chi connectivity index (χ1) is 31.7. The number of benzene rings is 10. The van der Waals surface area contributed by atoms with Crippen molar-refractivity contribution in [1.82, 2.24) is 19.1 Å². The molecule has 0 bridgehead atoms. The molecule has 10 aromatic carbocycles. The zero-order chi connectivity index (χ0) is 42.1. The van der Waals surface area contributed by atoms with Gasteiger partial charge in [0.05, 0.1) is 33.5 Å². The number of hydrogen-bond acceptors (Lipinski definition) is 2. The van der Waals surface area contributed by atoms with Gasteiger partial charge in [-0.25, -0.2) is 9.97 Å². The van der Waals surface area contributed by atoms with Gasteiger partial charge in [-0.15, -0.1) is 0 Å². The highest BCUT2D eigenvalue weighted by Gasteiger charge is 2.19. The van der Waals surface area contributed by atoms with Gasteiger partial charge in [-0.05, 0) is 99.4 Å². The third-order valence-electron chi connectivity index (χ3n) is 12.9. The van der Waals surface area contributed by atoms with E-state index < -0.39 is 0 Å². The van der Waals surface area contributed by atoms with E-state index in [2.05, 4.69) is 234 Å². The van der Waals surface area contributed by atoms with Gasteiger partial charge in [-0.3, -0.25) is 0 Å². The van der Waals surface area contributed by atoms with Crippen LogP contribution in [-0.4, -0.2) is 19.1 Å². The Kier molecular flexibility index (Phi) is 8.18. The van der Waals surface area contributed by atoms with E-state index in [1.807, 2.05) is 6.07 Å². The van der Waals surface area contributed by atoms with Crippen molar-refractivity contribution < 1.29 is 0 Å². The molecule has 0 N–H and O–H groups in total. The summed E-state index contributed by atoms with van der Waals surface area (Å²) in [5, 5.41) is 9.76. The molecule has 3 aromatic heterocycles. The van der Waals surface area contributed by atoms with E-state index in [9.17, 15) is 0 Å². The van der Waals surface area contributed by atoms with Crippen LogP contribution < -0.4 is 0 Å². The fourth-order valence-electron chi connectivity index (χ4n) is 9.98. The first-order valence-corrected chi connectivity index (χ1v) is 21.8. The van der Waals surface area contributed by atoms with Gasteiger partial charge in [0.1, 0.15) is 0 Å². The number of para-hydroxylation sites is 4. The number of aromatic nitrogens is 4. The van der Waals surface area contributed by atoms with E-state index in [0.717, 1.165) is 61.6 Å². The highest BCUT2D eigenvalue weighted by Crippen LogP contribution is 2.41. The monoisotopic (exact) mass is 814 g/mol. The molecule has 0 aliphatic carbocycles. The van der Waals surface area contributed by atoms with Crippen LogP contribution in [0, 0.1) is 0 Å². The van der Waals surface area contributed by atoms with Gasteiger partial charge in [-0.1, -0.05) is 164 Å². The molecule has 13 rings (SSSR count). The second-order valence-corrected chi connectivity index (χ2v) is 16.6. The summed E-state index contributed by atoms with van der Waals surface area (Å²) in [7, 11) is 0. The predicted molar refractivity (Wildman–Crippen MR) is 267 cm³/mol. The SMILES string of the molecule is c1ccc(-c2nc(-c3cc(-c4cc5ccccc5c5ccccc45)cc(-n4c5ccccc5c5ccccc54)c3)cc(-c3ccc4c5ccccc5n(-c5ccccc5)c4c3)n2)cc1. The highest BCUT2D eigenvalue weighted by atomic mass is 15.0. The fraction of sp³-hybridized carbons (Fsp3) is 0. The number of rotatable bonds is 6. The molecule has 0 spiro atoms. The minimum atomic E-state index is 0.678. The molecule has 0 radical (unpaired) electrons. The molecule has 4 nitrogen and oxygen atoms in total. The number of hydrogen-bond donors (Lipinski definition) is 0. The van der Waals surface area contributed by atoms with Crippen LogP contribution in [0.1, 0.15) is 0 Å². The zero-order valence-electron chi connectivity index (χ0n) is 34.7. The van der Waals surface area contributed by atoms with Gasteiger partial charge in [0.15, 0.2) is 5.82 Å². The van der Waals surface area contributed by atoms with Crippen molar-refractivity contribution >= 4 is 65.2 Å². The summed E-state index contributed by atoms with van der Waals surface area (Å²) in [6.07, 6.45) is 0. The molecule has 0 aliphatic heterocycles. The van der Waals surface area contributed by atoms with Crippen molar-refractivity contribution in [2.24, 2.45) is 0 Å². The first-order valence-electron chi connectivity index (χ1n) is 21.8. The molecule has 13 aromatic rings. The van der Waals surface area contributed by atoms with Gasteiger partial charge in [0, 0.05) is 49.6 Å². The van der Waals surface area contributed by atoms with Crippen molar-refractivity contribution in [3.05, 3.63) is 231 Å². The van der Waals surface area contributed by atoms with Gasteiger partial charge in [0.2, 0.25) is 0 Å². The summed E-state index contributed by atoms with van der Waals surface area (Å²) in [5.74, 6) is 0.678. The average Bonchev–Trinajstić information content (AvgIpc) is 3.89. The third-order valence-corrected chi connectivity index (χ3v) is 12.9. The summed E-state index contributed by atoms with van der Waals surface area (Å²) in [4.78, 5) is 10.8. The van der Waals surface area contributed by atoms with Crippen LogP contribution in [0.5, 0.6) is 0 Å². The van der Waals surface area contributed by atoms with Crippen molar-refractivity contribution in [3.8, 4) is 56.4 Å². The quantitative estimate of drug-likeness (QED) is 0.157. The van der Waals surface area contributed by atoms with Crippen LogP contribution in [0.25, 0.3) is 122 Å². The molecule has 4 heteroatoms. The summed E-state index contributed by atoms with van der Waals surface area (Å²) in [5.41, 5.74) is 13.8. The van der Waals surface area contributed by atoms with Crippen molar-refractivity contribution in [2.75, 3.05) is 0 Å². The fourth-order valence-corrected chi connectivity index (χ4v) is 9.98. The van der Waals surface area contributed by atoms with E-state index >= 15 is 0 Å². The van der Waals surface area contributed by atoms with Crippen LogP contribution in [0.3, 0.4) is 0 Å². The maximum atomic E-state index is 5.43. The Morgan fingerprint density at radius 1 is 0.266 bits per heavy atom. The van der Waals surface area contributed by atoms with Crippen LogP contribution >= 0.6 is 0 Å². The Labute approximate surface area is 369 Å². The molecule has 0 atom stereocenters. The highest BCUT2D eigenvalue weighted by molar-refractivity contribution is 6.15. The van der Waals surface area contributed by atoms with Crippen molar-refractivity contribution in [2.45, 2.75) is 0 Å². The lowest BCUT2D eigenvalue weighted by Crippen LogP contribution is -1.99. The summed E-state index contributed by atoms with van der Waals surface area (Å²) < 4.78 is 4.78. The van der Waals surface area contributed by atoms with Crippen LogP contribution in [0.2, 0.25) is 0 Å². The Hall–Kier alpha value is -8.60. The smallest absolute Gasteiger partial charge is 0.160 e. The normalized spacial score (nSPS) is 11.8. The average molecular weight is 815 g/mol. The molecule has 3 heterocycles. The number of fused-ring (bicyclic) bond motifs is 9. The number of nitrogens with zero attached hydrogens (tertiary/aromatic N) is 4. The summed E-state index contributed by atoms with van der Waals surface area (Å²) in [6.45, 7) is 0. The lowest BCUT2D eigenvalue weighted by atomic mass is 9.91. The Morgan fingerprint density at radius 3 is 1.44 bits per heavy atom. The van der Waals surface area contributed by atoms with E-state index in [1.54, 1.807) is 0 Å². The predicted octanol–water partition coefficient (Wildman–Crippen LogP) is 15.6. The molecule has 0 amide bonds. The van der Waals surface area contributed by atoms with Gasteiger partial charge in [-0.2, -0.15) is 0 Å². The lowest BCUT2D eigenvalue weighted by molar-refractivity contribution is 1.16. The molecule has 0 saturated carbocycles. The minimum Gasteiger partial charge on any atom is -0.309 e. The Morgan fingerprint density at radius 2 is 0.766 bits per heavy atom. The standard InChI is InChI=1S/C60H38N4/c1-3-17-39(18-4-1)60-61-54(41-31-32-52-51-27-13-14-28-56(51)63(59(52)37-41)44-20-5-2-6-21-44)38-55(62-60)43-33-42(53-36-40-19-7-8-22-46(40)47-23-9-10-24-48(47)53)34-45(35-43)64-57-29-15-11-25-49(57)50-26-12-16-30-58(50)64/h1-38H. The second kappa shape index (κ2) is 14.5. The van der Waals surface area contributed by atoms with Crippen molar-refractivity contribution in [3.63, 3.8) is 0 Å². The first kappa shape index (κ1) is 36.1. The van der Waals surface area contributed by atoms with Crippen LogP contribution in [0.15, 0.2) is 231 Å². The summed E-state index contributed by atoms with van der Waals surface area (Å²) >= 11 is 0. The third kappa shape index (κ3) is 5.77. The molecule has 0 saturated heterocycles. The molecule has 64 heavy (non-hydrogen) atoms. The largest absolute Gasteiger partial charge is 0.309 e.